The van der Waals surface area contributed by atoms with Gasteiger partial charge in [-0.15, -0.1) is 0 Å². The molecule has 1 atom stereocenters. The van der Waals surface area contributed by atoms with E-state index >= 15 is 0 Å². The van der Waals surface area contributed by atoms with Gasteiger partial charge in [0.25, 0.3) is 5.91 Å². The van der Waals surface area contributed by atoms with Gasteiger partial charge in [0.1, 0.15) is 17.6 Å². The molecule has 4 aliphatic rings. The molecule has 4 aliphatic heterocycles. The number of nitrogens with one attached hydrogen (secondary N) is 1. The molecule has 2 saturated heterocycles. The summed E-state index contributed by atoms with van der Waals surface area (Å²) in [6.07, 6.45) is 6.38. The third-order valence-electron chi connectivity index (χ3n) is 8.87. The number of aromatic nitrogens is 2. The van der Waals surface area contributed by atoms with Crippen molar-refractivity contribution in [2.24, 2.45) is 0 Å². The molecule has 1 unspecified atom stereocenters. The van der Waals surface area contributed by atoms with E-state index in [-0.39, 0.29) is 29.5 Å². The van der Waals surface area contributed by atoms with Crippen LogP contribution in [0.4, 0.5) is 4.39 Å². The molecule has 3 aromatic rings. The molecule has 0 saturated carbocycles. The zero-order valence-corrected chi connectivity index (χ0v) is 22.1. The number of nitrogens with zero attached hydrogens (tertiary/aromatic N) is 4. The van der Waals surface area contributed by atoms with Crippen LogP contribution in [0, 0.1) is 5.82 Å². The van der Waals surface area contributed by atoms with Gasteiger partial charge in [-0.3, -0.25) is 29.3 Å². The molecule has 2 fully saturated rings. The topological polar surface area (TPSA) is 96.8 Å². The summed E-state index contributed by atoms with van der Waals surface area (Å²) in [6, 6.07) is 9.88. The number of rotatable bonds is 5. The van der Waals surface area contributed by atoms with Gasteiger partial charge in [-0.25, -0.2) is 4.39 Å². The standard InChI is InChI=1S/C30H30FN5O4/c31-21-3-1-2-19(12-21)15-35-16-20(13-32-35)14-34-10-8-30(9-11-34)18-40-27-23-17-36(25-6-7-26(37)33-28(25)38)29(39)22(23)4-5-24(27)30/h1-5,12-13,16,25H,6-11,14-15,17-18H2,(H,33,37,38). The van der Waals surface area contributed by atoms with E-state index in [0.29, 0.717) is 31.7 Å². The largest absolute Gasteiger partial charge is 0.492 e. The number of likely N-dealkylation sites (tertiary alicyclic amines) is 1. The number of halogens is 1. The van der Waals surface area contributed by atoms with Crippen molar-refractivity contribution in [2.45, 2.75) is 56.8 Å². The smallest absolute Gasteiger partial charge is 0.255 e. The van der Waals surface area contributed by atoms with Crippen LogP contribution >= 0.6 is 0 Å². The Morgan fingerprint density at radius 1 is 1.07 bits per heavy atom. The van der Waals surface area contributed by atoms with Crippen LogP contribution in [-0.2, 0) is 34.6 Å². The van der Waals surface area contributed by atoms with Gasteiger partial charge in [-0.1, -0.05) is 18.2 Å². The fourth-order valence-electron chi connectivity index (χ4n) is 6.69. The van der Waals surface area contributed by atoms with Crippen molar-refractivity contribution in [1.82, 2.24) is 24.9 Å². The van der Waals surface area contributed by atoms with Gasteiger partial charge in [0, 0.05) is 46.8 Å². The molecule has 0 aliphatic carbocycles. The third kappa shape index (κ3) is 4.27. The van der Waals surface area contributed by atoms with Crippen LogP contribution in [0.15, 0.2) is 48.8 Å². The number of amides is 3. The molecule has 3 amide bonds. The summed E-state index contributed by atoms with van der Waals surface area (Å²) < 4.78 is 21.7. The van der Waals surface area contributed by atoms with Gasteiger partial charge in [0.2, 0.25) is 11.8 Å². The first-order chi connectivity index (χ1) is 19.4. The molecular weight excluding hydrogens is 513 g/mol. The highest BCUT2D eigenvalue weighted by Crippen LogP contribution is 2.49. The number of imide groups is 1. The number of carbonyl (C=O) groups is 3. The molecule has 7 rings (SSSR count). The fourth-order valence-corrected chi connectivity index (χ4v) is 6.69. The normalized spacial score (nSPS) is 21.9. The molecule has 10 heteroatoms. The monoisotopic (exact) mass is 543 g/mol. The van der Waals surface area contributed by atoms with E-state index in [1.807, 2.05) is 35.3 Å². The molecule has 5 heterocycles. The molecule has 40 heavy (non-hydrogen) atoms. The third-order valence-corrected chi connectivity index (χ3v) is 8.87. The predicted octanol–water partition coefficient (Wildman–Crippen LogP) is 2.76. The lowest BCUT2D eigenvalue weighted by Gasteiger charge is -2.38. The van der Waals surface area contributed by atoms with Gasteiger partial charge in [0.15, 0.2) is 0 Å². The van der Waals surface area contributed by atoms with Crippen LogP contribution in [0.2, 0.25) is 0 Å². The van der Waals surface area contributed by atoms with Crippen molar-refractivity contribution >= 4 is 17.7 Å². The van der Waals surface area contributed by atoms with Crippen molar-refractivity contribution in [3.05, 3.63) is 82.4 Å². The second-order valence-corrected chi connectivity index (χ2v) is 11.4. The molecule has 0 bridgehead atoms. The van der Waals surface area contributed by atoms with E-state index in [0.717, 1.165) is 60.5 Å². The average molecular weight is 544 g/mol. The first kappa shape index (κ1) is 25.0. The second kappa shape index (κ2) is 9.55. The SMILES string of the molecule is O=C1CCC(N2Cc3c(ccc4c3OCC43CCN(Cc4cnn(Cc5cccc(F)c5)c4)CC3)C2=O)C(=O)N1. The lowest BCUT2D eigenvalue weighted by molar-refractivity contribution is -0.136. The Labute approximate surface area is 230 Å². The van der Waals surface area contributed by atoms with Gasteiger partial charge in [-0.05, 0) is 56.1 Å². The Kier molecular flexibility index (Phi) is 5.96. The summed E-state index contributed by atoms with van der Waals surface area (Å²) in [4.78, 5) is 41.2. The van der Waals surface area contributed by atoms with Gasteiger partial charge < -0.3 is 9.64 Å². The first-order valence-corrected chi connectivity index (χ1v) is 13.8. The van der Waals surface area contributed by atoms with Crippen LogP contribution in [0.5, 0.6) is 5.75 Å². The van der Waals surface area contributed by atoms with Crippen LogP contribution in [0.3, 0.4) is 0 Å². The van der Waals surface area contributed by atoms with Crippen LogP contribution in [0.1, 0.15) is 58.3 Å². The van der Waals surface area contributed by atoms with Gasteiger partial charge in [-0.2, -0.15) is 5.10 Å². The number of carbonyl (C=O) groups excluding carboxylic acids is 3. The number of fused-ring (bicyclic) bond motifs is 4. The van der Waals surface area contributed by atoms with E-state index < -0.39 is 11.9 Å². The minimum absolute atomic E-state index is 0.0898. The predicted molar refractivity (Wildman–Crippen MR) is 142 cm³/mol. The lowest BCUT2D eigenvalue weighted by Crippen LogP contribution is -2.52. The molecule has 2 aromatic carbocycles. The van der Waals surface area contributed by atoms with Crippen molar-refractivity contribution < 1.29 is 23.5 Å². The number of ether oxygens (including phenoxy) is 1. The van der Waals surface area contributed by atoms with E-state index in [1.165, 1.54) is 12.1 Å². The van der Waals surface area contributed by atoms with Crippen LogP contribution < -0.4 is 10.1 Å². The minimum atomic E-state index is -0.634. The average Bonchev–Trinajstić information content (AvgIpc) is 3.62. The Bertz CT molecular complexity index is 1530. The summed E-state index contributed by atoms with van der Waals surface area (Å²) in [5.41, 5.74) is 4.52. The number of benzene rings is 2. The summed E-state index contributed by atoms with van der Waals surface area (Å²) in [7, 11) is 0. The Hall–Kier alpha value is -4.05. The lowest BCUT2D eigenvalue weighted by atomic mass is 9.74. The van der Waals surface area contributed by atoms with Gasteiger partial charge >= 0.3 is 0 Å². The zero-order valence-electron chi connectivity index (χ0n) is 22.1. The number of hydrogen-bond acceptors (Lipinski definition) is 6. The molecule has 1 N–H and O–H groups in total. The Morgan fingerprint density at radius 2 is 1.93 bits per heavy atom. The minimum Gasteiger partial charge on any atom is -0.492 e. The van der Waals surface area contributed by atoms with Crippen molar-refractivity contribution in [3.63, 3.8) is 0 Å². The highest BCUT2D eigenvalue weighted by atomic mass is 19.1. The zero-order chi connectivity index (χ0) is 27.4. The van der Waals surface area contributed by atoms with E-state index in [9.17, 15) is 18.8 Å². The molecule has 206 valence electrons. The van der Waals surface area contributed by atoms with Crippen molar-refractivity contribution in [3.8, 4) is 5.75 Å². The maximum absolute atomic E-state index is 13.5. The van der Waals surface area contributed by atoms with E-state index in [2.05, 4.69) is 15.3 Å². The summed E-state index contributed by atoms with van der Waals surface area (Å²) in [6.45, 7) is 4.07. The molecule has 1 spiro atoms. The number of piperidine rings is 2. The molecule has 0 radical (unpaired) electrons. The second-order valence-electron chi connectivity index (χ2n) is 11.4. The highest BCUT2D eigenvalue weighted by Gasteiger charge is 2.47. The molecule has 1 aromatic heterocycles. The Morgan fingerprint density at radius 3 is 2.73 bits per heavy atom. The fraction of sp³-hybridized carbons (Fsp3) is 0.400. The summed E-state index contributed by atoms with van der Waals surface area (Å²) in [5, 5.41) is 6.83. The summed E-state index contributed by atoms with van der Waals surface area (Å²) in [5.74, 6) is -0.316. The van der Waals surface area contributed by atoms with Crippen molar-refractivity contribution in [2.75, 3.05) is 19.7 Å². The number of hydrogen-bond donors (Lipinski definition) is 1. The van der Waals surface area contributed by atoms with E-state index in [1.54, 1.807) is 11.0 Å². The summed E-state index contributed by atoms with van der Waals surface area (Å²) >= 11 is 0. The Balaban J connectivity index is 1.01. The molecular formula is C30H30FN5O4. The quantitative estimate of drug-likeness (QED) is 0.498. The molecule has 9 nitrogen and oxygen atoms in total. The van der Waals surface area contributed by atoms with E-state index in [4.69, 9.17) is 4.74 Å². The van der Waals surface area contributed by atoms with Gasteiger partial charge in [0.05, 0.1) is 25.9 Å². The maximum atomic E-state index is 13.5. The van der Waals surface area contributed by atoms with Crippen molar-refractivity contribution in [1.29, 1.82) is 0 Å². The highest BCUT2D eigenvalue weighted by molar-refractivity contribution is 6.05. The first-order valence-electron chi connectivity index (χ1n) is 13.8. The maximum Gasteiger partial charge on any atom is 0.255 e. The van der Waals surface area contributed by atoms with Crippen LogP contribution in [-0.4, -0.2) is 63.0 Å². The van der Waals surface area contributed by atoms with Crippen LogP contribution in [0.25, 0.3) is 0 Å².